The molecule has 5 aromatic rings. The fourth-order valence-electron chi connectivity index (χ4n) is 4.47. The number of Topliss-reactive ketones (excluding diaryl/α,β-unsaturated/α-hetero) is 1. The molecule has 9 heteroatoms. The van der Waals surface area contributed by atoms with E-state index in [2.05, 4.69) is 15.2 Å². The van der Waals surface area contributed by atoms with E-state index in [0.717, 1.165) is 16.8 Å². The molecule has 0 bridgehead atoms. The molecule has 0 aliphatic carbocycles. The highest BCUT2D eigenvalue weighted by Crippen LogP contribution is 2.37. The Balaban J connectivity index is 1.73. The molecule has 5 rings (SSSR count). The van der Waals surface area contributed by atoms with Crippen LogP contribution in [-0.2, 0) is 20.0 Å². The predicted molar refractivity (Wildman–Crippen MR) is 134 cm³/mol. The van der Waals surface area contributed by atoms with Crippen LogP contribution in [0.2, 0.25) is 0 Å². The number of methoxy groups -OCH3 is 1. The molecule has 0 aliphatic heterocycles. The number of carbonyl (C=O) groups excluding carboxylic acids is 1. The molecular weight excluding hydrogens is 458 g/mol. The molecule has 0 saturated heterocycles. The van der Waals surface area contributed by atoms with Gasteiger partial charge in [0.25, 0.3) is 5.56 Å². The van der Waals surface area contributed by atoms with E-state index in [1.807, 2.05) is 44.2 Å². The number of benzene rings is 1. The third kappa shape index (κ3) is 4.19. The minimum atomic E-state index is -0.388. The van der Waals surface area contributed by atoms with Crippen molar-refractivity contribution in [1.82, 2.24) is 24.5 Å². The molecule has 0 aliphatic rings. The maximum Gasteiger partial charge on any atom is 0.262 e. The van der Waals surface area contributed by atoms with Gasteiger partial charge in [-0.15, -0.1) is 0 Å². The van der Waals surface area contributed by atoms with Gasteiger partial charge >= 0.3 is 0 Å². The first-order valence-corrected chi connectivity index (χ1v) is 11.5. The van der Waals surface area contributed by atoms with Crippen molar-refractivity contribution in [2.75, 3.05) is 7.11 Å². The van der Waals surface area contributed by atoms with Crippen LogP contribution in [0.25, 0.3) is 22.0 Å². The Morgan fingerprint density at radius 1 is 1.11 bits per heavy atom. The average Bonchev–Trinajstić information content (AvgIpc) is 3.43. The number of hydrogen-bond donors (Lipinski definition) is 0. The molecule has 182 valence electrons. The monoisotopic (exact) mass is 483 g/mol. The van der Waals surface area contributed by atoms with Crippen LogP contribution in [0.15, 0.2) is 64.2 Å². The molecule has 0 amide bonds. The summed E-state index contributed by atoms with van der Waals surface area (Å²) in [6.07, 6.45) is 3.47. The molecule has 0 unspecified atom stereocenters. The Morgan fingerprint density at radius 3 is 2.58 bits per heavy atom. The summed E-state index contributed by atoms with van der Waals surface area (Å²) in [5.41, 5.74) is 3.95. The smallest absolute Gasteiger partial charge is 0.262 e. The third-order valence-corrected chi connectivity index (χ3v) is 6.17. The number of rotatable bonds is 7. The van der Waals surface area contributed by atoms with E-state index in [1.165, 1.54) is 0 Å². The number of fused-ring (bicyclic) bond motifs is 1. The molecule has 4 heterocycles. The van der Waals surface area contributed by atoms with Gasteiger partial charge < -0.3 is 13.8 Å². The van der Waals surface area contributed by atoms with Gasteiger partial charge in [0, 0.05) is 36.5 Å². The van der Waals surface area contributed by atoms with E-state index in [1.54, 1.807) is 47.9 Å². The Hall–Kier alpha value is -4.53. The average molecular weight is 484 g/mol. The summed E-state index contributed by atoms with van der Waals surface area (Å²) >= 11 is 0. The van der Waals surface area contributed by atoms with Gasteiger partial charge in [-0.3, -0.25) is 19.3 Å². The van der Waals surface area contributed by atoms with Crippen LogP contribution in [0, 0.1) is 13.8 Å². The number of nitrogens with zero attached hydrogens (tertiary/aromatic N) is 5. The molecule has 0 N–H and O–H groups in total. The summed E-state index contributed by atoms with van der Waals surface area (Å²) < 4.78 is 14.3. The number of pyridine rings is 2. The lowest BCUT2D eigenvalue weighted by molar-refractivity contribution is 0.0990. The van der Waals surface area contributed by atoms with Crippen molar-refractivity contribution in [3.63, 3.8) is 0 Å². The number of ether oxygens (including phenoxy) is 1. The topological polar surface area (TPSA) is 105 Å². The summed E-state index contributed by atoms with van der Waals surface area (Å²) in [5.74, 6) is 0.919. The lowest BCUT2D eigenvalue weighted by atomic mass is 9.98. The summed E-state index contributed by atoms with van der Waals surface area (Å²) in [6, 6.07) is 12.7. The second-order valence-electron chi connectivity index (χ2n) is 8.66. The third-order valence-electron chi connectivity index (χ3n) is 6.17. The summed E-state index contributed by atoms with van der Waals surface area (Å²) in [4.78, 5) is 31.4. The Bertz CT molecular complexity index is 1630. The van der Waals surface area contributed by atoms with Crippen LogP contribution >= 0.6 is 0 Å². The van der Waals surface area contributed by atoms with Crippen LogP contribution < -0.4 is 10.3 Å². The van der Waals surface area contributed by atoms with Crippen molar-refractivity contribution in [3.8, 4) is 16.9 Å². The van der Waals surface area contributed by atoms with Gasteiger partial charge in [-0.2, -0.15) is 5.10 Å². The Kier molecular flexibility index (Phi) is 5.97. The molecule has 4 aromatic heterocycles. The maximum absolute atomic E-state index is 13.7. The lowest BCUT2D eigenvalue weighted by Crippen LogP contribution is -2.28. The van der Waals surface area contributed by atoms with Crippen LogP contribution in [0.1, 0.15) is 33.2 Å². The quantitative estimate of drug-likeness (QED) is 0.324. The SMILES string of the molecule is COc1cc2c(cc1-c1c(C)noc1C)cc(C(=O)Cc1ccn(C)n1)c(=O)n2Cc1ccccn1. The molecule has 0 atom stereocenters. The van der Waals surface area contributed by atoms with E-state index < -0.39 is 0 Å². The minimum Gasteiger partial charge on any atom is -0.496 e. The number of hydrogen-bond acceptors (Lipinski definition) is 7. The van der Waals surface area contributed by atoms with E-state index >= 15 is 0 Å². The van der Waals surface area contributed by atoms with Gasteiger partial charge in [-0.05, 0) is 44.2 Å². The highest BCUT2D eigenvalue weighted by atomic mass is 16.5. The van der Waals surface area contributed by atoms with Crippen molar-refractivity contribution in [2.24, 2.45) is 7.05 Å². The van der Waals surface area contributed by atoms with Crippen LogP contribution in [0.3, 0.4) is 0 Å². The van der Waals surface area contributed by atoms with Crippen molar-refractivity contribution < 1.29 is 14.1 Å². The van der Waals surface area contributed by atoms with Crippen LogP contribution in [-0.4, -0.2) is 37.4 Å². The van der Waals surface area contributed by atoms with Gasteiger partial charge in [0.05, 0.1) is 53.8 Å². The van der Waals surface area contributed by atoms with Gasteiger partial charge in [-0.1, -0.05) is 11.2 Å². The molecule has 0 radical (unpaired) electrons. The first kappa shape index (κ1) is 23.2. The van der Waals surface area contributed by atoms with Crippen molar-refractivity contribution in [2.45, 2.75) is 26.8 Å². The largest absolute Gasteiger partial charge is 0.496 e. The first-order chi connectivity index (χ1) is 17.4. The number of ketones is 1. The molecule has 0 saturated carbocycles. The van der Waals surface area contributed by atoms with Gasteiger partial charge in [0.1, 0.15) is 11.5 Å². The molecular formula is C27H25N5O4. The predicted octanol–water partition coefficient (Wildman–Crippen LogP) is 3.88. The number of aromatic nitrogens is 5. The summed E-state index contributed by atoms with van der Waals surface area (Å²) in [5, 5.41) is 9.08. The second kappa shape index (κ2) is 9.26. The number of carbonyl (C=O) groups is 1. The normalized spacial score (nSPS) is 11.2. The Labute approximate surface area is 206 Å². The summed E-state index contributed by atoms with van der Waals surface area (Å²) in [7, 11) is 3.36. The van der Waals surface area contributed by atoms with E-state index in [0.29, 0.717) is 33.8 Å². The van der Waals surface area contributed by atoms with Crippen molar-refractivity contribution in [3.05, 3.63) is 93.6 Å². The van der Waals surface area contributed by atoms with Crippen LogP contribution in [0.4, 0.5) is 0 Å². The molecule has 0 spiro atoms. The zero-order valence-electron chi connectivity index (χ0n) is 20.5. The van der Waals surface area contributed by atoms with Gasteiger partial charge in [-0.25, -0.2) is 0 Å². The van der Waals surface area contributed by atoms with Gasteiger partial charge in [0.15, 0.2) is 5.78 Å². The van der Waals surface area contributed by atoms with Crippen LogP contribution in [0.5, 0.6) is 5.75 Å². The Morgan fingerprint density at radius 2 is 1.94 bits per heavy atom. The van der Waals surface area contributed by atoms with E-state index in [9.17, 15) is 9.59 Å². The summed E-state index contributed by atoms with van der Waals surface area (Å²) in [6.45, 7) is 3.90. The zero-order chi connectivity index (χ0) is 25.4. The number of aryl methyl sites for hydroxylation is 3. The first-order valence-electron chi connectivity index (χ1n) is 11.5. The van der Waals surface area contributed by atoms with Gasteiger partial charge in [0.2, 0.25) is 0 Å². The zero-order valence-corrected chi connectivity index (χ0v) is 20.5. The van der Waals surface area contributed by atoms with Crippen molar-refractivity contribution >= 4 is 16.7 Å². The van der Waals surface area contributed by atoms with E-state index in [4.69, 9.17) is 9.26 Å². The lowest BCUT2D eigenvalue weighted by Gasteiger charge is -2.16. The minimum absolute atomic E-state index is 0.0258. The fraction of sp³-hybridized carbons (Fsp3) is 0.222. The van der Waals surface area contributed by atoms with E-state index in [-0.39, 0.29) is 29.9 Å². The second-order valence-corrected chi connectivity index (χ2v) is 8.66. The molecule has 9 nitrogen and oxygen atoms in total. The fourth-order valence-corrected chi connectivity index (χ4v) is 4.47. The highest BCUT2D eigenvalue weighted by molar-refractivity contribution is 6.01. The maximum atomic E-state index is 13.7. The highest BCUT2D eigenvalue weighted by Gasteiger charge is 2.22. The standard InChI is InChI=1S/C27H25N5O4/c1-16-26(17(2)36-30-16)22-12-18-11-21(24(33)13-19-8-10-31(3)29-19)27(34)32(23(18)14-25(22)35-4)15-20-7-5-6-9-28-20/h5-12,14H,13,15H2,1-4H3. The van der Waals surface area contributed by atoms with Crippen molar-refractivity contribution in [1.29, 1.82) is 0 Å². The molecule has 36 heavy (non-hydrogen) atoms. The molecule has 0 fully saturated rings. The molecule has 1 aromatic carbocycles.